The average Bonchev–Trinajstić information content (AvgIpc) is 2.93. The normalized spacial score (nSPS) is 14.1. The molecule has 1 aromatic heterocycles. The topological polar surface area (TPSA) is 21.3 Å². The van der Waals surface area contributed by atoms with Crippen LogP contribution in [0.4, 0.5) is 0 Å². The zero-order valence-electron chi connectivity index (χ0n) is 11.7. The van der Waals surface area contributed by atoms with Crippen LogP contribution in [0.3, 0.4) is 0 Å². The van der Waals surface area contributed by atoms with E-state index in [1.807, 2.05) is 12.1 Å². The predicted molar refractivity (Wildman–Crippen MR) is 82.0 cm³/mol. The molecule has 0 fully saturated rings. The van der Waals surface area contributed by atoms with Gasteiger partial charge in [0, 0.05) is 17.0 Å². The van der Waals surface area contributed by atoms with Crippen molar-refractivity contribution in [2.75, 3.05) is 7.11 Å². The van der Waals surface area contributed by atoms with Crippen LogP contribution in [0, 0.1) is 0 Å². The Bertz CT molecular complexity index is 478. The molecule has 2 aromatic rings. The third-order valence-electron chi connectivity index (χ3n) is 3.21. The van der Waals surface area contributed by atoms with Crippen molar-refractivity contribution in [3.05, 3.63) is 52.2 Å². The molecular formula is C16H21NOS. The lowest BCUT2D eigenvalue weighted by Crippen LogP contribution is -2.30. The van der Waals surface area contributed by atoms with Crippen LogP contribution in [0.25, 0.3) is 0 Å². The van der Waals surface area contributed by atoms with Gasteiger partial charge >= 0.3 is 0 Å². The summed E-state index contributed by atoms with van der Waals surface area (Å²) in [5, 5.41) is 5.77. The molecule has 0 radical (unpaired) electrons. The predicted octanol–water partition coefficient (Wildman–Crippen LogP) is 4.04. The number of hydrogen-bond acceptors (Lipinski definition) is 3. The van der Waals surface area contributed by atoms with E-state index in [9.17, 15) is 0 Å². The van der Waals surface area contributed by atoms with Gasteiger partial charge in [0.2, 0.25) is 0 Å². The van der Waals surface area contributed by atoms with E-state index in [0.717, 1.165) is 12.2 Å². The van der Waals surface area contributed by atoms with Crippen LogP contribution in [0.15, 0.2) is 41.8 Å². The highest BCUT2D eigenvalue weighted by atomic mass is 32.1. The monoisotopic (exact) mass is 275 g/mol. The van der Waals surface area contributed by atoms with Crippen molar-refractivity contribution < 1.29 is 4.74 Å². The molecule has 0 bridgehead atoms. The second-order valence-electron chi connectivity index (χ2n) is 4.86. The minimum absolute atomic E-state index is 0.410. The lowest BCUT2D eigenvalue weighted by atomic mass is 10.1. The zero-order valence-corrected chi connectivity index (χ0v) is 12.5. The summed E-state index contributed by atoms with van der Waals surface area (Å²) < 4.78 is 5.17. The summed E-state index contributed by atoms with van der Waals surface area (Å²) in [4.78, 5) is 1.39. The molecule has 2 unspecified atom stereocenters. The number of hydrogen-bond donors (Lipinski definition) is 1. The van der Waals surface area contributed by atoms with Gasteiger partial charge in [0.25, 0.3) is 0 Å². The van der Waals surface area contributed by atoms with Gasteiger partial charge in [-0.2, -0.15) is 0 Å². The number of methoxy groups -OCH3 is 1. The van der Waals surface area contributed by atoms with Gasteiger partial charge in [0.1, 0.15) is 5.75 Å². The quantitative estimate of drug-likeness (QED) is 0.859. The van der Waals surface area contributed by atoms with Crippen LogP contribution in [-0.2, 0) is 6.42 Å². The Morgan fingerprint density at radius 3 is 2.47 bits per heavy atom. The van der Waals surface area contributed by atoms with E-state index in [1.54, 1.807) is 18.4 Å². The van der Waals surface area contributed by atoms with Gasteiger partial charge in [-0.05, 0) is 49.4 Å². The standard InChI is InChI=1S/C16H21NOS/c1-12(17-13(2)16-5-4-10-19-16)11-14-6-8-15(18-3)9-7-14/h4-10,12-13,17H,11H2,1-3H3. The average molecular weight is 275 g/mol. The summed E-state index contributed by atoms with van der Waals surface area (Å²) in [5.41, 5.74) is 1.33. The molecule has 19 heavy (non-hydrogen) atoms. The first kappa shape index (κ1) is 14.1. The number of ether oxygens (including phenoxy) is 1. The van der Waals surface area contributed by atoms with Gasteiger partial charge < -0.3 is 10.1 Å². The fourth-order valence-corrected chi connectivity index (χ4v) is 2.96. The van der Waals surface area contributed by atoms with Crippen LogP contribution >= 0.6 is 11.3 Å². The van der Waals surface area contributed by atoms with E-state index < -0.39 is 0 Å². The molecule has 1 N–H and O–H groups in total. The van der Waals surface area contributed by atoms with Gasteiger partial charge in [-0.25, -0.2) is 0 Å². The lowest BCUT2D eigenvalue weighted by Gasteiger charge is -2.19. The van der Waals surface area contributed by atoms with E-state index in [-0.39, 0.29) is 0 Å². The van der Waals surface area contributed by atoms with E-state index >= 15 is 0 Å². The van der Waals surface area contributed by atoms with Crippen molar-refractivity contribution in [3.8, 4) is 5.75 Å². The maximum absolute atomic E-state index is 5.17. The number of benzene rings is 1. The maximum atomic E-state index is 5.17. The minimum atomic E-state index is 0.410. The second kappa shape index (κ2) is 6.73. The summed E-state index contributed by atoms with van der Waals surface area (Å²) in [6, 6.07) is 13.4. The van der Waals surface area contributed by atoms with Crippen LogP contribution < -0.4 is 10.1 Å². The molecule has 3 heteroatoms. The van der Waals surface area contributed by atoms with Crippen molar-refractivity contribution in [1.29, 1.82) is 0 Å². The highest BCUT2D eigenvalue weighted by Gasteiger charge is 2.10. The largest absolute Gasteiger partial charge is 0.497 e. The van der Waals surface area contributed by atoms with Gasteiger partial charge in [-0.15, -0.1) is 11.3 Å². The van der Waals surface area contributed by atoms with Crippen LogP contribution in [0.5, 0.6) is 5.75 Å². The van der Waals surface area contributed by atoms with Gasteiger partial charge in [0.15, 0.2) is 0 Å². The molecule has 1 aromatic carbocycles. The van der Waals surface area contributed by atoms with Gasteiger partial charge in [-0.1, -0.05) is 18.2 Å². The fourth-order valence-electron chi connectivity index (χ4n) is 2.22. The molecule has 0 aliphatic rings. The highest BCUT2D eigenvalue weighted by Crippen LogP contribution is 2.19. The molecule has 2 nitrogen and oxygen atoms in total. The summed E-state index contributed by atoms with van der Waals surface area (Å²) in [6.45, 7) is 4.45. The number of nitrogens with one attached hydrogen (secondary N) is 1. The fraction of sp³-hybridized carbons (Fsp3) is 0.375. The lowest BCUT2D eigenvalue weighted by molar-refractivity contribution is 0.414. The Balaban J connectivity index is 1.88. The molecule has 102 valence electrons. The SMILES string of the molecule is COc1ccc(CC(C)NC(C)c2cccs2)cc1. The summed E-state index contributed by atoms with van der Waals surface area (Å²) in [6.07, 6.45) is 1.03. The first-order valence-corrected chi connectivity index (χ1v) is 7.49. The molecule has 2 atom stereocenters. The van der Waals surface area contributed by atoms with Crippen molar-refractivity contribution in [2.45, 2.75) is 32.4 Å². The smallest absolute Gasteiger partial charge is 0.118 e. The van der Waals surface area contributed by atoms with E-state index in [2.05, 4.69) is 48.8 Å². The van der Waals surface area contributed by atoms with Crippen molar-refractivity contribution in [1.82, 2.24) is 5.32 Å². The Hall–Kier alpha value is -1.32. The molecule has 0 aliphatic heterocycles. The van der Waals surface area contributed by atoms with Gasteiger partial charge in [-0.3, -0.25) is 0 Å². The molecule has 1 heterocycles. The van der Waals surface area contributed by atoms with Gasteiger partial charge in [0.05, 0.1) is 7.11 Å². The molecule has 0 saturated carbocycles. The second-order valence-corrected chi connectivity index (χ2v) is 5.84. The van der Waals surface area contributed by atoms with E-state index in [4.69, 9.17) is 4.74 Å². The molecular weight excluding hydrogens is 254 g/mol. The number of rotatable bonds is 6. The summed E-state index contributed by atoms with van der Waals surface area (Å²) in [5.74, 6) is 0.913. The third-order valence-corrected chi connectivity index (χ3v) is 4.26. The minimum Gasteiger partial charge on any atom is -0.497 e. The molecule has 2 rings (SSSR count). The van der Waals surface area contributed by atoms with Crippen LogP contribution in [0.1, 0.15) is 30.3 Å². The highest BCUT2D eigenvalue weighted by molar-refractivity contribution is 7.10. The van der Waals surface area contributed by atoms with Crippen molar-refractivity contribution in [3.63, 3.8) is 0 Å². The maximum Gasteiger partial charge on any atom is 0.118 e. The Kier molecular flexibility index (Phi) is 5.00. The molecule has 0 saturated heterocycles. The zero-order chi connectivity index (χ0) is 13.7. The Morgan fingerprint density at radius 1 is 1.16 bits per heavy atom. The molecule has 0 spiro atoms. The third kappa shape index (κ3) is 4.08. The molecule has 0 amide bonds. The van der Waals surface area contributed by atoms with Crippen molar-refractivity contribution in [2.24, 2.45) is 0 Å². The first-order chi connectivity index (χ1) is 9.19. The van der Waals surface area contributed by atoms with Crippen LogP contribution in [-0.4, -0.2) is 13.2 Å². The number of thiophene rings is 1. The van der Waals surface area contributed by atoms with Crippen molar-refractivity contribution >= 4 is 11.3 Å². The van der Waals surface area contributed by atoms with E-state index in [1.165, 1.54) is 10.4 Å². The van der Waals surface area contributed by atoms with E-state index in [0.29, 0.717) is 12.1 Å². The Labute approximate surface area is 119 Å². The Morgan fingerprint density at radius 2 is 1.89 bits per heavy atom. The van der Waals surface area contributed by atoms with Crippen LogP contribution in [0.2, 0.25) is 0 Å². The summed E-state index contributed by atoms with van der Waals surface area (Å²) in [7, 11) is 1.70. The first-order valence-electron chi connectivity index (χ1n) is 6.61. The summed E-state index contributed by atoms with van der Waals surface area (Å²) >= 11 is 1.81. The molecule has 0 aliphatic carbocycles.